The van der Waals surface area contributed by atoms with Crippen molar-refractivity contribution in [2.45, 2.75) is 6.54 Å². The fourth-order valence-corrected chi connectivity index (χ4v) is 3.31. The molecular formula is C14H14BrClN2OS. The van der Waals surface area contributed by atoms with Crippen molar-refractivity contribution in [2.24, 2.45) is 0 Å². The lowest BCUT2D eigenvalue weighted by atomic mass is 10.3. The van der Waals surface area contributed by atoms with Crippen molar-refractivity contribution < 1.29 is 4.79 Å². The quantitative estimate of drug-likeness (QED) is 0.850. The minimum atomic E-state index is -0.0398. The molecule has 0 aliphatic rings. The number of likely N-dealkylation sites (N-methyl/N-ethyl adjacent to an activating group) is 1. The summed E-state index contributed by atoms with van der Waals surface area (Å²) in [6.45, 7) is 1.04. The summed E-state index contributed by atoms with van der Waals surface area (Å²) in [7, 11) is 1.91. The lowest BCUT2D eigenvalue weighted by Crippen LogP contribution is -2.29. The molecule has 0 atom stereocenters. The number of nitrogens with zero attached hydrogens (tertiary/aromatic N) is 1. The number of benzene rings is 1. The summed E-state index contributed by atoms with van der Waals surface area (Å²) in [4.78, 5) is 15.1. The molecule has 0 saturated heterocycles. The van der Waals surface area contributed by atoms with Crippen LogP contribution in [0.15, 0.2) is 40.9 Å². The van der Waals surface area contributed by atoms with Crippen LogP contribution in [0.4, 0.5) is 5.69 Å². The number of carbonyl (C=O) groups is 1. The number of rotatable bonds is 5. The lowest BCUT2D eigenvalue weighted by molar-refractivity contribution is -0.117. The Kier molecular flexibility index (Phi) is 5.60. The van der Waals surface area contributed by atoms with Crippen LogP contribution < -0.4 is 5.32 Å². The molecule has 0 spiro atoms. The summed E-state index contributed by atoms with van der Waals surface area (Å²) in [5.41, 5.74) is 0.782. The van der Waals surface area contributed by atoms with E-state index in [1.165, 1.54) is 11.3 Å². The first-order chi connectivity index (χ1) is 9.54. The highest BCUT2D eigenvalue weighted by Gasteiger charge is 2.10. The maximum Gasteiger partial charge on any atom is 0.238 e. The third-order valence-corrected chi connectivity index (χ3v) is 4.52. The maximum atomic E-state index is 12.0. The van der Waals surface area contributed by atoms with Gasteiger partial charge in [0.2, 0.25) is 5.91 Å². The number of halogens is 2. The van der Waals surface area contributed by atoms with Crippen LogP contribution in [0.25, 0.3) is 0 Å². The van der Waals surface area contributed by atoms with Crippen molar-refractivity contribution in [3.8, 4) is 0 Å². The molecule has 3 nitrogen and oxygen atoms in total. The fourth-order valence-electron chi connectivity index (χ4n) is 1.76. The smallest absolute Gasteiger partial charge is 0.238 e. The molecule has 20 heavy (non-hydrogen) atoms. The number of thiophene rings is 1. The predicted molar refractivity (Wildman–Crippen MR) is 88.4 cm³/mol. The molecule has 2 aromatic rings. The molecule has 1 amide bonds. The topological polar surface area (TPSA) is 32.3 Å². The van der Waals surface area contributed by atoms with Gasteiger partial charge in [0.15, 0.2) is 0 Å². The van der Waals surface area contributed by atoms with Gasteiger partial charge >= 0.3 is 0 Å². The third-order valence-electron chi connectivity index (χ3n) is 2.62. The number of hydrogen-bond donors (Lipinski definition) is 1. The van der Waals surface area contributed by atoms with Gasteiger partial charge in [-0.3, -0.25) is 9.69 Å². The Morgan fingerprint density at radius 3 is 2.75 bits per heavy atom. The van der Waals surface area contributed by atoms with Gasteiger partial charge in [0.1, 0.15) is 0 Å². The standard InChI is InChI=1S/C14H14BrClN2OS/c1-18(8-10-6-7-13(16)20-10)9-14(19)17-12-5-3-2-4-11(12)15/h2-7H,8-9H2,1H3,(H,17,19). The Morgan fingerprint density at radius 2 is 2.10 bits per heavy atom. The van der Waals surface area contributed by atoms with Crippen LogP contribution in [-0.2, 0) is 11.3 Å². The van der Waals surface area contributed by atoms with Crippen molar-refractivity contribution in [3.63, 3.8) is 0 Å². The van der Waals surface area contributed by atoms with E-state index in [0.717, 1.165) is 19.4 Å². The molecule has 1 heterocycles. The number of hydrogen-bond acceptors (Lipinski definition) is 3. The van der Waals surface area contributed by atoms with Gasteiger partial charge in [0.05, 0.1) is 16.6 Å². The molecule has 6 heteroatoms. The van der Waals surface area contributed by atoms with Crippen LogP contribution in [0.5, 0.6) is 0 Å². The first-order valence-corrected chi connectivity index (χ1v) is 8.00. The van der Waals surface area contributed by atoms with Crippen molar-refractivity contribution in [3.05, 3.63) is 50.1 Å². The molecule has 0 bridgehead atoms. The zero-order valence-corrected chi connectivity index (χ0v) is 14.1. The number of carbonyl (C=O) groups excluding carboxylic acids is 1. The van der Waals surface area contributed by atoms with E-state index < -0.39 is 0 Å². The minimum Gasteiger partial charge on any atom is -0.324 e. The maximum absolute atomic E-state index is 12.0. The summed E-state index contributed by atoms with van der Waals surface area (Å²) in [5, 5.41) is 2.88. The van der Waals surface area contributed by atoms with Gasteiger partial charge in [-0.25, -0.2) is 0 Å². The molecule has 0 unspecified atom stereocenters. The van der Waals surface area contributed by atoms with Crippen molar-refractivity contribution in [1.29, 1.82) is 0 Å². The summed E-state index contributed by atoms with van der Waals surface area (Å²) in [6, 6.07) is 11.4. The highest BCUT2D eigenvalue weighted by Crippen LogP contribution is 2.23. The van der Waals surface area contributed by atoms with Gasteiger partial charge in [-0.15, -0.1) is 11.3 Å². The molecular weight excluding hydrogens is 360 g/mol. The van der Waals surface area contributed by atoms with Crippen molar-refractivity contribution in [1.82, 2.24) is 4.90 Å². The first kappa shape index (κ1) is 15.5. The zero-order chi connectivity index (χ0) is 14.5. The molecule has 1 aromatic carbocycles. The molecule has 0 aliphatic heterocycles. The van der Waals surface area contributed by atoms with Crippen LogP contribution in [0.2, 0.25) is 4.34 Å². The van der Waals surface area contributed by atoms with Crippen LogP contribution in [0.1, 0.15) is 4.88 Å². The molecule has 0 fully saturated rings. The number of para-hydroxylation sites is 1. The van der Waals surface area contributed by atoms with Crippen LogP contribution in [0, 0.1) is 0 Å². The van der Waals surface area contributed by atoms with Crippen LogP contribution in [-0.4, -0.2) is 24.4 Å². The van der Waals surface area contributed by atoms with Crippen molar-refractivity contribution in [2.75, 3.05) is 18.9 Å². The highest BCUT2D eigenvalue weighted by molar-refractivity contribution is 9.10. The van der Waals surface area contributed by atoms with E-state index in [2.05, 4.69) is 21.2 Å². The van der Waals surface area contributed by atoms with Gasteiger partial charge in [-0.2, -0.15) is 0 Å². The summed E-state index contributed by atoms with van der Waals surface area (Å²) < 4.78 is 1.65. The molecule has 1 aromatic heterocycles. The third kappa shape index (κ3) is 4.59. The van der Waals surface area contributed by atoms with E-state index in [0.29, 0.717) is 13.1 Å². The molecule has 106 valence electrons. The van der Waals surface area contributed by atoms with E-state index in [1.807, 2.05) is 48.3 Å². The lowest BCUT2D eigenvalue weighted by Gasteiger charge is -2.15. The normalized spacial score (nSPS) is 10.8. The van der Waals surface area contributed by atoms with Gasteiger partial charge in [0.25, 0.3) is 0 Å². The minimum absolute atomic E-state index is 0.0398. The average molecular weight is 374 g/mol. The van der Waals surface area contributed by atoms with E-state index in [1.54, 1.807) is 0 Å². The zero-order valence-electron chi connectivity index (χ0n) is 10.9. The second kappa shape index (κ2) is 7.22. The molecule has 0 aliphatic carbocycles. The predicted octanol–water partition coefficient (Wildman–Crippen LogP) is 4.23. The monoisotopic (exact) mass is 372 g/mol. The van der Waals surface area contributed by atoms with Gasteiger partial charge < -0.3 is 5.32 Å². The second-order valence-corrected chi connectivity index (χ2v) is 7.06. The average Bonchev–Trinajstić information content (AvgIpc) is 2.77. The molecule has 2 rings (SSSR count). The summed E-state index contributed by atoms with van der Waals surface area (Å²) in [5.74, 6) is -0.0398. The van der Waals surface area contributed by atoms with Gasteiger partial charge in [0, 0.05) is 15.9 Å². The molecule has 1 N–H and O–H groups in total. The van der Waals surface area contributed by atoms with E-state index in [9.17, 15) is 4.79 Å². The number of nitrogens with one attached hydrogen (secondary N) is 1. The Hall–Kier alpha value is -0.880. The largest absolute Gasteiger partial charge is 0.324 e. The SMILES string of the molecule is CN(CC(=O)Nc1ccccc1Br)Cc1ccc(Cl)s1. The Morgan fingerprint density at radius 1 is 1.35 bits per heavy atom. The molecule has 0 radical (unpaired) electrons. The first-order valence-electron chi connectivity index (χ1n) is 6.02. The van der Waals surface area contributed by atoms with E-state index in [4.69, 9.17) is 11.6 Å². The summed E-state index contributed by atoms with van der Waals surface area (Å²) in [6.07, 6.45) is 0. The van der Waals surface area contributed by atoms with Crippen LogP contribution >= 0.6 is 38.9 Å². The van der Waals surface area contributed by atoms with E-state index in [-0.39, 0.29) is 5.91 Å². The number of anilines is 1. The van der Waals surface area contributed by atoms with E-state index >= 15 is 0 Å². The molecule has 0 saturated carbocycles. The highest BCUT2D eigenvalue weighted by atomic mass is 79.9. The Bertz CT molecular complexity index is 602. The Labute approximate surface area is 135 Å². The fraction of sp³-hybridized carbons (Fsp3) is 0.214. The Balaban J connectivity index is 1.86. The second-order valence-electron chi connectivity index (χ2n) is 4.41. The number of amides is 1. The summed E-state index contributed by atoms with van der Waals surface area (Å²) >= 11 is 10.8. The van der Waals surface area contributed by atoms with Gasteiger partial charge in [-0.05, 0) is 47.2 Å². The van der Waals surface area contributed by atoms with Crippen LogP contribution in [0.3, 0.4) is 0 Å². The van der Waals surface area contributed by atoms with Crippen molar-refractivity contribution >= 4 is 50.5 Å². The van der Waals surface area contributed by atoms with Gasteiger partial charge in [-0.1, -0.05) is 23.7 Å².